The summed E-state index contributed by atoms with van der Waals surface area (Å²) in [7, 11) is 0. The summed E-state index contributed by atoms with van der Waals surface area (Å²) < 4.78 is 5.39. The van der Waals surface area contributed by atoms with Gasteiger partial charge in [-0.15, -0.1) is 18.4 Å². The highest BCUT2D eigenvalue weighted by atomic mass is 16.6. The fourth-order valence-corrected chi connectivity index (χ4v) is 5.13. The smallest absolute Gasteiger partial charge is 0.408 e. The number of hydrogen-bond donors (Lipinski definition) is 3. The molecule has 10 heteroatoms. The number of likely N-dealkylation sites (tertiary alicyclic amines) is 1. The van der Waals surface area contributed by atoms with Gasteiger partial charge in [0.05, 0.1) is 0 Å². The number of carbonyl (C=O) groups excluding carboxylic acids is 5. The second kappa shape index (κ2) is 11.8. The minimum Gasteiger partial charge on any atom is -0.444 e. The molecular formula is C29H44N4O6. The maximum atomic E-state index is 13.9. The topological polar surface area (TPSA) is 134 Å². The van der Waals surface area contributed by atoms with Crippen molar-refractivity contribution in [3.8, 4) is 11.8 Å². The molecule has 1 aliphatic heterocycles. The molecule has 0 bridgehead atoms. The van der Waals surface area contributed by atoms with E-state index in [0.29, 0.717) is 6.54 Å². The van der Waals surface area contributed by atoms with E-state index >= 15 is 0 Å². The van der Waals surface area contributed by atoms with Crippen LogP contribution in [0.15, 0.2) is 12.7 Å². The van der Waals surface area contributed by atoms with E-state index in [1.165, 1.54) is 11.0 Å². The van der Waals surface area contributed by atoms with E-state index in [-0.39, 0.29) is 30.2 Å². The maximum absolute atomic E-state index is 13.9. The number of piperidine rings is 1. The minimum atomic E-state index is -1.18. The van der Waals surface area contributed by atoms with Crippen molar-refractivity contribution in [2.45, 2.75) is 92.5 Å². The Morgan fingerprint density at radius 2 is 1.72 bits per heavy atom. The number of rotatable bonds is 9. The monoisotopic (exact) mass is 544 g/mol. The average Bonchev–Trinajstić information content (AvgIpc) is 3.14. The summed E-state index contributed by atoms with van der Waals surface area (Å²) in [6.45, 7) is 20.3. The normalized spacial score (nSPS) is 22.7. The van der Waals surface area contributed by atoms with Gasteiger partial charge in [0, 0.05) is 19.5 Å². The molecule has 39 heavy (non-hydrogen) atoms. The van der Waals surface area contributed by atoms with Crippen molar-refractivity contribution in [1.29, 1.82) is 0 Å². The number of hydrogen-bond acceptors (Lipinski definition) is 6. The Hall–Kier alpha value is -3.35. The Morgan fingerprint density at radius 3 is 2.23 bits per heavy atom. The van der Waals surface area contributed by atoms with Gasteiger partial charge >= 0.3 is 6.09 Å². The van der Waals surface area contributed by atoms with Gasteiger partial charge in [0.15, 0.2) is 0 Å². The molecule has 0 radical (unpaired) electrons. The highest BCUT2D eigenvalue weighted by molar-refractivity contribution is 6.38. The first-order valence-corrected chi connectivity index (χ1v) is 13.3. The van der Waals surface area contributed by atoms with Crippen LogP contribution in [0, 0.1) is 34.5 Å². The number of ether oxygens (including phenoxy) is 1. The molecule has 0 aromatic carbocycles. The Morgan fingerprint density at radius 1 is 1.10 bits per heavy atom. The largest absolute Gasteiger partial charge is 0.444 e. The molecule has 2 aliphatic rings. The van der Waals surface area contributed by atoms with Gasteiger partial charge in [-0.25, -0.2) is 4.79 Å². The van der Waals surface area contributed by atoms with Gasteiger partial charge in [-0.1, -0.05) is 40.7 Å². The molecule has 1 unspecified atom stereocenters. The van der Waals surface area contributed by atoms with Crippen molar-refractivity contribution in [1.82, 2.24) is 20.9 Å². The minimum absolute atomic E-state index is 0.0500. The average molecular weight is 545 g/mol. The highest BCUT2D eigenvalue weighted by Gasteiger charge is 2.70. The highest BCUT2D eigenvalue weighted by Crippen LogP contribution is 2.65. The van der Waals surface area contributed by atoms with Crippen LogP contribution in [0.2, 0.25) is 0 Å². The Bertz CT molecular complexity index is 1070. The van der Waals surface area contributed by atoms with Crippen molar-refractivity contribution in [3.05, 3.63) is 12.7 Å². The van der Waals surface area contributed by atoms with Crippen molar-refractivity contribution in [3.63, 3.8) is 0 Å². The summed E-state index contributed by atoms with van der Waals surface area (Å²) in [5.41, 5.74) is -1.62. The van der Waals surface area contributed by atoms with Crippen LogP contribution in [0.3, 0.4) is 0 Å². The Balaban J connectivity index is 2.33. The first-order chi connectivity index (χ1) is 17.9. The molecule has 216 valence electrons. The summed E-state index contributed by atoms with van der Waals surface area (Å²) in [6, 6.07) is -3.01. The fourth-order valence-electron chi connectivity index (χ4n) is 5.13. The molecule has 2 rings (SSSR count). The zero-order chi connectivity index (χ0) is 29.9. The van der Waals surface area contributed by atoms with Crippen LogP contribution >= 0.6 is 0 Å². The SMILES string of the molecule is C=CCNC(=O)C(=O)C(CC#CC)NC(=O)[C@@H]1[C@H]2[C@@H](CN1C(=O)[C@@H](NC(=O)OC(C)(C)C)C(C)(C)C)C2(C)C. The van der Waals surface area contributed by atoms with E-state index in [2.05, 4.69) is 34.4 Å². The molecule has 0 spiro atoms. The molecule has 0 aromatic rings. The third kappa shape index (κ3) is 7.61. The van der Waals surface area contributed by atoms with Crippen molar-refractivity contribution in [2.75, 3.05) is 13.1 Å². The van der Waals surface area contributed by atoms with Crippen LogP contribution in [0.1, 0.15) is 68.7 Å². The van der Waals surface area contributed by atoms with Crippen molar-refractivity contribution < 1.29 is 28.7 Å². The second-order valence-electron chi connectivity index (χ2n) is 12.9. The van der Waals surface area contributed by atoms with Gasteiger partial charge in [-0.2, -0.15) is 0 Å². The van der Waals surface area contributed by atoms with E-state index < -0.39 is 58.7 Å². The van der Waals surface area contributed by atoms with E-state index in [1.807, 2.05) is 34.6 Å². The summed E-state index contributed by atoms with van der Waals surface area (Å²) in [5.74, 6) is 2.78. The van der Waals surface area contributed by atoms with E-state index in [0.717, 1.165) is 0 Å². The molecule has 1 aliphatic carbocycles. The molecule has 4 amide bonds. The van der Waals surface area contributed by atoms with E-state index in [9.17, 15) is 24.0 Å². The molecule has 0 aromatic heterocycles. The number of nitrogens with zero attached hydrogens (tertiary/aromatic N) is 1. The third-order valence-electron chi connectivity index (χ3n) is 7.28. The number of carbonyl (C=O) groups is 5. The first-order valence-electron chi connectivity index (χ1n) is 13.3. The van der Waals surface area contributed by atoms with E-state index in [4.69, 9.17) is 4.74 Å². The molecule has 5 atom stereocenters. The van der Waals surface area contributed by atoms with Crippen LogP contribution in [-0.4, -0.2) is 71.3 Å². The van der Waals surface area contributed by atoms with Crippen LogP contribution in [0.4, 0.5) is 4.79 Å². The lowest BCUT2D eigenvalue weighted by molar-refractivity contribution is -0.145. The molecule has 3 N–H and O–H groups in total. The van der Waals surface area contributed by atoms with Gasteiger partial charge in [0.1, 0.15) is 23.7 Å². The predicted octanol–water partition coefficient (Wildman–Crippen LogP) is 2.18. The van der Waals surface area contributed by atoms with Crippen LogP contribution in [0.25, 0.3) is 0 Å². The summed E-state index contributed by atoms with van der Waals surface area (Å²) in [4.78, 5) is 66.9. The van der Waals surface area contributed by atoms with E-state index in [1.54, 1.807) is 27.7 Å². The predicted molar refractivity (Wildman–Crippen MR) is 147 cm³/mol. The van der Waals surface area contributed by atoms with Crippen LogP contribution in [0.5, 0.6) is 0 Å². The number of amides is 4. The number of ketones is 1. The molecule has 1 saturated heterocycles. The summed E-state index contributed by atoms with van der Waals surface area (Å²) in [5, 5.41) is 7.83. The van der Waals surface area contributed by atoms with Gasteiger partial charge in [-0.05, 0) is 50.4 Å². The molecular weight excluding hydrogens is 500 g/mol. The van der Waals surface area contributed by atoms with Gasteiger partial charge < -0.3 is 25.6 Å². The van der Waals surface area contributed by atoms with Gasteiger partial charge in [0.25, 0.3) is 5.91 Å². The zero-order valence-corrected chi connectivity index (χ0v) is 24.7. The zero-order valence-electron chi connectivity index (χ0n) is 24.7. The van der Waals surface area contributed by atoms with Crippen LogP contribution < -0.4 is 16.0 Å². The standard InChI is InChI=1S/C29H44N4O6/c1-11-13-14-18(21(34)24(36)30-15-12-2)31-23(35)20-19-17(29(19,9)10)16-33(20)25(37)22(27(3,4)5)32-26(38)39-28(6,7)8/h12,17-20,22H,2,14-16H2,1,3-10H3,(H,30,36)(H,31,35)(H,32,38)/t17-,18?,19-,20+,22-/m1/s1. The molecule has 1 heterocycles. The lowest BCUT2D eigenvalue weighted by atomic mass is 9.85. The third-order valence-corrected chi connectivity index (χ3v) is 7.28. The Labute approximate surface area is 232 Å². The number of fused-ring (bicyclic) bond motifs is 1. The lowest BCUT2D eigenvalue weighted by Gasteiger charge is -2.38. The molecule has 10 nitrogen and oxygen atoms in total. The summed E-state index contributed by atoms with van der Waals surface area (Å²) in [6.07, 6.45) is 0.667. The lowest BCUT2D eigenvalue weighted by Crippen LogP contribution is -2.60. The van der Waals surface area contributed by atoms with Crippen molar-refractivity contribution in [2.24, 2.45) is 22.7 Å². The second-order valence-corrected chi connectivity index (χ2v) is 12.9. The summed E-state index contributed by atoms with van der Waals surface area (Å²) >= 11 is 0. The van der Waals surface area contributed by atoms with Gasteiger partial charge in [-0.3, -0.25) is 19.2 Å². The fraction of sp³-hybridized carbons (Fsp3) is 0.690. The Kier molecular flexibility index (Phi) is 9.65. The number of Topliss-reactive ketones (excluding diaryl/α,β-unsaturated/α-hetero) is 1. The van der Waals surface area contributed by atoms with Crippen molar-refractivity contribution >= 4 is 29.6 Å². The molecule has 2 fully saturated rings. The molecule has 1 saturated carbocycles. The number of alkyl carbamates (subject to hydrolysis) is 1. The van der Waals surface area contributed by atoms with Crippen LogP contribution in [-0.2, 0) is 23.9 Å². The number of nitrogens with one attached hydrogen (secondary N) is 3. The maximum Gasteiger partial charge on any atom is 0.408 e. The quantitative estimate of drug-likeness (QED) is 0.231. The van der Waals surface area contributed by atoms with Gasteiger partial charge in [0.2, 0.25) is 17.6 Å². The first kappa shape index (κ1) is 31.9.